The third-order valence-corrected chi connectivity index (χ3v) is 7.07. The molecule has 3 atom stereocenters. The Bertz CT molecular complexity index is 727. The molecule has 1 heterocycles. The molecule has 0 amide bonds. The summed E-state index contributed by atoms with van der Waals surface area (Å²) in [6, 6.07) is 2.29. The monoisotopic (exact) mass is 404 g/mol. The van der Waals surface area contributed by atoms with E-state index in [-0.39, 0.29) is 48.4 Å². The molecule has 3 rings (SSSR count). The van der Waals surface area contributed by atoms with Crippen molar-refractivity contribution in [3.05, 3.63) is 28.8 Å². The SMILES string of the molecule is Cl.NC1CCC2CN(S(=O)(=O)c3cc(C(F)(F)F)ccc3Cl)CC12. The minimum Gasteiger partial charge on any atom is -0.327 e. The summed E-state index contributed by atoms with van der Waals surface area (Å²) in [5.41, 5.74) is 4.95. The lowest BCUT2D eigenvalue weighted by molar-refractivity contribution is -0.137. The van der Waals surface area contributed by atoms with Crippen LogP contribution in [0.3, 0.4) is 0 Å². The molecule has 2 fully saturated rings. The predicted molar refractivity (Wildman–Crippen MR) is 86.7 cm³/mol. The molecule has 0 bridgehead atoms. The summed E-state index contributed by atoms with van der Waals surface area (Å²) in [6.45, 7) is 0.522. The number of fused-ring (bicyclic) bond motifs is 1. The van der Waals surface area contributed by atoms with Crippen LogP contribution in [0.25, 0.3) is 0 Å². The maximum atomic E-state index is 12.8. The molecule has 1 aromatic rings. The van der Waals surface area contributed by atoms with Crippen molar-refractivity contribution in [2.45, 2.75) is 30.0 Å². The second-order valence-electron chi connectivity index (χ2n) is 6.13. The van der Waals surface area contributed by atoms with Crippen LogP contribution < -0.4 is 5.73 Å². The molecular formula is C14H17Cl2F3N2O2S. The van der Waals surface area contributed by atoms with Gasteiger partial charge in [-0.05, 0) is 42.9 Å². The van der Waals surface area contributed by atoms with Gasteiger partial charge in [0.25, 0.3) is 0 Å². The maximum Gasteiger partial charge on any atom is 0.416 e. The van der Waals surface area contributed by atoms with Crippen molar-refractivity contribution in [2.24, 2.45) is 17.6 Å². The number of rotatable bonds is 2. The van der Waals surface area contributed by atoms with E-state index in [1.54, 1.807) is 0 Å². The molecule has 1 aliphatic heterocycles. The smallest absolute Gasteiger partial charge is 0.327 e. The van der Waals surface area contributed by atoms with E-state index in [1.165, 1.54) is 4.31 Å². The molecule has 2 N–H and O–H groups in total. The van der Waals surface area contributed by atoms with E-state index < -0.39 is 26.7 Å². The Labute approximate surface area is 149 Å². The van der Waals surface area contributed by atoms with Crippen molar-refractivity contribution >= 4 is 34.0 Å². The number of alkyl halides is 3. The largest absolute Gasteiger partial charge is 0.416 e. The van der Waals surface area contributed by atoms with Crippen molar-refractivity contribution < 1.29 is 21.6 Å². The minimum atomic E-state index is -4.63. The van der Waals surface area contributed by atoms with Gasteiger partial charge in [0.1, 0.15) is 4.90 Å². The van der Waals surface area contributed by atoms with E-state index in [1.807, 2.05) is 0 Å². The molecule has 0 radical (unpaired) electrons. The Balaban J connectivity index is 0.00000208. The highest BCUT2D eigenvalue weighted by Gasteiger charge is 2.45. The number of hydrogen-bond donors (Lipinski definition) is 1. The lowest BCUT2D eigenvalue weighted by Gasteiger charge is -2.20. The summed E-state index contributed by atoms with van der Waals surface area (Å²) in [5.74, 6) is 0.235. The summed E-state index contributed by atoms with van der Waals surface area (Å²) in [5, 5.41) is -0.209. The summed E-state index contributed by atoms with van der Waals surface area (Å²) >= 11 is 5.86. The molecular weight excluding hydrogens is 388 g/mol. The predicted octanol–water partition coefficient (Wildman–Crippen LogP) is 3.14. The highest BCUT2D eigenvalue weighted by molar-refractivity contribution is 7.89. The Hall–Kier alpha value is -0.540. The Morgan fingerprint density at radius 1 is 1.21 bits per heavy atom. The molecule has 4 nitrogen and oxygen atoms in total. The maximum absolute atomic E-state index is 12.8. The van der Waals surface area contributed by atoms with Crippen LogP contribution in [0, 0.1) is 11.8 Å². The van der Waals surface area contributed by atoms with E-state index in [4.69, 9.17) is 17.3 Å². The van der Waals surface area contributed by atoms with Crippen LogP contribution in [0.15, 0.2) is 23.1 Å². The van der Waals surface area contributed by atoms with Crippen LogP contribution >= 0.6 is 24.0 Å². The van der Waals surface area contributed by atoms with Crippen LogP contribution in [0.2, 0.25) is 5.02 Å². The van der Waals surface area contributed by atoms with Crippen LogP contribution in [-0.4, -0.2) is 31.9 Å². The van der Waals surface area contributed by atoms with E-state index in [9.17, 15) is 21.6 Å². The zero-order valence-corrected chi connectivity index (χ0v) is 14.9. The molecule has 1 saturated carbocycles. The third-order valence-electron chi connectivity index (χ3n) is 4.76. The lowest BCUT2D eigenvalue weighted by atomic mass is 9.98. The topological polar surface area (TPSA) is 63.4 Å². The molecule has 0 spiro atoms. The fraction of sp³-hybridized carbons (Fsp3) is 0.571. The van der Waals surface area contributed by atoms with Crippen molar-refractivity contribution in [3.63, 3.8) is 0 Å². The van der Waals surface area contributed by atoms with Gasteiger partial charge in [-0.25, -0.2) is 8.42 Å². The van der Waals surface area contributed by atoms with E-state index in [0.29, 0.717) is 6.07 Å². The van der Waals surface area contributed by atoms with Gasteiger partial charge in [-0.15, -0.1) is 12.4 Å². The van der Waals surface area contributed by atoms with Gasteiger partial charge in [-0.3, -0.25) is 0 Å². The second kappa shape index (κ2) is 6.64. The van der Waals surface area contributed by atoms with E-state index >= 15 is 0 Å². The van der Waals surface area contributed by atoms with Crippen LogP contribution in [0.1, 0.15) is 18.4 Å². The second-order valence-corrected chi connectivity index (χ2v) is 8.44. The fourth-order valence-corrected chi connectivity index (χ4v) is 5.51. The normalized spacial score (nSPS) is 27.8. The Morgan fingerprint density at radius 2 is 1.88 bits per heavy atom. The average Bonchev–Trinajstić information content (AvgIpc) is 3.01. The van der Waals surface area contributed by atoms with Gasteiger partial charge in [-0.1, -0.05) is 11.6 Å². The van der Waals surface area contributed by atoms with Crippen molar-refractivity contribution in [1.29, 1.82) is 0 Å². The minimum absolute atomic E-state index is 0. The lowest BCUT2D eigenvalue weighted by Crippen LogP contribution is -2.33. The van der Waals surface area contributed by atoms with Crippen molar-refractivity contribution in [3.8, 4) is 0 Å². The molecule has 10 heteroatoms. The average molecular weight is 405 g/mol. The number of halogens is 5. The molecule has 3 unspecified atom stereocenters. The molecule has 1 aliphatic carbocycles. The Kier molecular flexibility index (Phi) is 5.47. The van der Waals surface area contributed by atoms with Gasteiger partial charge in [0.2, 0.25) is 10.0 Å². The van der Waals surface area contributed by atoms with Gasteiger partial charge < -0.3 is 5.73 Å². The molecule has 24 heavy (non-hydrogen) atoms. The summed E-state index contributed by atoms with van der Waals surface area (Å²) in [6.07, 6.45) is -2.93. The zero-order valence-electron chi connectivity index (χ0n) is 12.5. The molecule has 1 saturated heterocycles. The van der Waals surface area contributed by atoms with Gasteiger partial charge in [-0.2, -0.15) is 17.5 Å². The quantitative estimate of drug-likeness (QED) is 0.823. The van der Waals surface area contributed by atoms with Gasteiger partial charge in [0.05, 0.1) is 10.6 Å². The summed E-state index contributed by atoms with van der Waals surface area (Å²) in [7, 11) is -4.07. The molecule has 136 valence electrons. The van der Waals surface area contributed by atoms with Crippen LogP contribution in [-0.2, 0) is 16.2 Å². The molecule has 0 aromatic heterocycles. The van der Waals surface area contributed by atoms with Gasteiger partial charge in [0.15, 0.2) is 0 Å². The first-order chi connectivity index (χ1) is 10.6. The van der Waals surface area contributed by atoms with Crippen LogP contribution in [0.5, 0.6) is 0 Å². The third kappa shape index (κ3) is 3.39. The van der Waals surface area contributed by atoms with Crippen LogP contribution in [0.4, 0.5) is 13.2 Å². The Morgan fingerprint density at radius 3 is 2.46 bits per heavy atom. The van der Waals surface area contributed by atoms with Crippen molar-refractivity contribution in [1.82, 2.24) is 4.31 Å². The summed E-state index contributed by atoms with van der Waals surface area (Å²) < 4.78 is 65.1. The van der Waals surface area contributed by atoms with Crippen molar-refractivity contribution in [2.75, 3.05) is 13.1 Å². The summed E-state index contributed by atoms with van der Waals surface area (Å²) in [4.78, 5) is -0.498. The van der Waals surface area contributed by atoms with E-state index in [0.717, 1.165) is 25.0 Å². The van der Waals surface area contributed by atoms with Gasteiger partial charge in [0, 0.05) is 19.1 Å². The first-order valence-electron chi connectivity index (χ1n) is 7.23. The number of benzene rings is 1. The number of sulfonamides is 1. The fourth-order valence-electron chi connectivity index (χ4n) is 3.48. The zero-order chi connectivity index (χ0) is 17.0. The number of nitrogens with two attached hydrogens (primary N) is 1. The molecule has 1 aromatic carbocycles. The van der Waals surface area contributed by atoms with Gasteiger partial charge >= 0.3 is 6.18 Å². The number of hydrogen-bond acceptors (Lipinski definition) is 3. The standard InChI is InChI=1S/C14H16ClF3N2O2S.ClH/c15-11-3-2-9(14(16,17)18)5-13(11)23(21,22)20-6-8-1-4-12(19)10(8)7-20;/h2-3,5,8,10,12H,1,4,6-7,19H2;1H. The first-order valence-corrected chi connectivity index (χ1v) is 9.05. The highest BCUT2D eigenvalue weighted by atomic mass is 35.5. The molecule has 2 aliphatic rings. The highest BCUT2D eigenvalue weighted by Crippen LogP contribution is 2.41. The number of nitrogens with zero attached hydrogens (tertiary/aromatic N) is 1. The first kappa shape index (κ1) is 19.8. The van der Waals surface area contributed by atoms with E-state index in [2.05, 4.69) is 0 Å².